The molecule has 0 bridgehead atoms. The first-order valence-electron chi connectivity index (χ1n) is 5.54. The number of hydrazine groups is 1. The predicted octanol–water partition coefficient (Wildman–Crippen LogP) is 3.18. The second-order valence-corrected chi connectivity index (χ2v) is 5.74. The van der Waals surface area contributed by atoms with E-state index in [0.717, 1.165) is 29.5 Å². The summed E-state index contributed by atoms with van der Waals surface area (Å²) in [5, 5.41) is 0. The summed E-state index contributed by atoms with van der Waals surface area (Å²) in [5.41, 5.74) is 2.84. The molecule has 0 amide bonds. The minimum absolute atomic E-state index is 0.312. The van der Waals surface area contributed by atoms with Crippen molar-refractivity contribution in [3.05, 3.63) is 28.7 Å². The molecular formula is C13H17BrN2S. The Morgan fingerprint density at radius 1 is 1.53 bits per heavy atom. The molecule has 1 unspecified atom stereocenters. The molecule has 1 aromatic rings. The van der Waals surface area contributed by atoms with Crippen LogP contribution in [0.3, 0.4) is 0 Å². The first kappa shape index (κ1) is 14.6. The van der Waals surface area contributed by atoms with Crippen molar-refractivity contribution in [1.82, 2.24) is 5.43 Å². The van der Waals surface area contributed by atoms with Gasteiger partial charge in [-0.25, -0.2) is 0 Å². The van der Waals surface area contributed by atoms with Crippen LogP contribution >= 0.6 is 27.7 Å². The van der Waals surface area contributed by atoms with Gasteiger partial charge in [-0.15, -0.1) is 24.1 Å². The van der Waals surface area contributed by atoms with Crippen LogP contribution < -0.4 is 11.3 Å². The van der Waals surface area contributed by atoms with Crippen molar-refractivity contribution in [3.8, 4) is 12.3 Å². The summed E-state index contributed by atoms with van der Waals surface area (Å²) in [6.45, 7) is 0. The molecule has 0 aliphatic heterocycles. The van der Waals surface area contributed by atoms with Crippen LogP contribution in [0.4, 0.5) is 0 Å². The number of unbranched alkanes of at least 4 members (excludes halogenated alkanes) is 1. The fraction of sp³-hybridized carbons (Fsp3) is 0.385. The molecule has 1 rings (SSSR count). The van der Waals surface area contributed by atoms with Crippen molar-refractivity contribution in [3.63, 3.8) is 0 Å². The van der Waals surface area contributed by atoms with E-state index in [1.807, 2.05) is 12.1 Å². The van der Waals surface area contributed by atoms with Gasteiger partial charge in [0.25, 0.3) is 0 Å². The number of halogens is 1. The fourth-order valence-corrected chi connectivity index (χ4v) is 3.01. The lowest BCUT2D eigenvalue weighted by atomic mass is 10.1. The standard InChI is InChI=1S/C13H17BrN2S/c1-2-3-4-7-12(16-15)10-17-13-8-5-6-11(14)9-13/h1,5-6,8-9,12,16H,3-4,7,10,15H2. The molecule has 3 N–H and O–H groups in total. The zero-order chi connectivity index (χ0) is 12.5. The van der Waals surface area contributed by atoms with Crippen LogP contribution in [0.5, 0.6) is 0 Å². The summed E-state index contributed by atoms with van der Waals surface area (Å²) < 4.78 is 1.10. The highest BCUT2D eigenvalue weighted by Crippen LogP contribution is 2.23. The molecular weight excluding hydrogens is 296 g/mol. The maximum absolute atomic E-state index is 5.52. The SMILES string of the molecule is C#CCCCC(CSc1cccc(Br)c1)NN. The van der Waals surface area contributed by atoms with Crippen LogP contribution in [-0.4, -0.2) is 11.8 Å². The van der Waals surface area contributed by atoms with Gasteiger partial charge >= 0.3 is 0 Å². The zero-order valence-electron chi connectivity index (χ0n) is 9.66. The monoisotopic (exact) mass is 312 g/mol. The summed E-state index contributed by atoms with van der Waals surface area (Å²) in [5.74, 6) is 9.13. The quantitative estimate of drug-likeness (QED) is 0.267. The van der Waals surface area contributed by atoms with Gasteiger partial charge in [0.15, 0.2) is 0 Å². The highest BCUT2D eigenvalue weighted by atomic mass is 79.9. The Morgan fingerprint density at radius 3 is 3.00 bits per heavy atom. The van der Waals surface area contributed by atoms with Gasteiger partial charge in [-0.3, -0.25) is 11.3 Å². The third kappa shape index (κ3) is 6.13. The molecule has 0 spiro atoms. The molecule has 92 valence electrons. The van der Waals surface area contributed by atoms with Gasteiger partial charge < -0.3 is 0 Å². The normalized spacial score (nSPS) is 12.1. The predicted molar refractivity (Wildman–Crippen MR) is 78.7 cm³/mol. The lowest BCUT2D eigenvalue weighted by Crippen LogP contribution is -2.36. The van der Waals surface area contributed by atoms with Gasteiger partial charge in [0.2, 0.25) is 0 Å². The average Bonchev–Trinajstić information content (AvgIpc) is 2.34. The molecule has 0 aliphatic carbocycles. The lowest BCUT2D eigenvalue weighted by molar-refractivity contribution is 0.524. The van der Waals surface area contributed by atoms with E-state index in [4.69, 9.17) is 12.3 Å². The second kappa shape index (κ2) is 8.60. The Kier molecular flexibility index (Phi) is 7.38. The maximum atomic E-state index is 5.52. The number of hydrogen-bond acceptors (Lipinski definition) is 3. The van der Waals surface area contributed by atoms with Crippen LogP contribution in [0, 0.1) is 12.3 Å². The number of nitrogens with two attached hydrogens (primary N) is 1. The Morgan fingerprint density at radius 2 is 2.35 bits per heavy atom. The van der Waals surface area contributed by atoms with Crippen molar-refractivity contribution in [2.24, 2.45) is 5.84 Å². The molecule has 0 aliphatic rings. The van der Waals surface area contributed by atoms with E-state index >= 15 is 0 Å². The van der Waals surface area contributed by atoms with E-state index < -0.39 is 0 Å². The minimum atomic E-state index is 0.312. The van der Waals surface area contributed by atoms with Crippen molar-refractivity contribution < 1.29 is 0 Å². The van der Waals surface area contributed by atoms with Crippen LogP contribution in [0.15, 0.2) is 33.6 Å². The van der Waals surface area contributed by atoms with Crippen molar-refractivity contribution in [2.75, 3.05) is 5.75 Å². The number of benzene rings is 1. The van der Waals surface area contributed by atoms with Crippen LogP contribution in [-0.2, 0) is 0 Å². The van der Waals surface area contributed by atoms with Crippen molar-refractivity contribution >= 4 is 27.7 Å². The molecule has 0 radical (unpaired) electrons. The van der Waals surface area contributed by atoms with Gasteiger partial charge in [0.05, 0.1) is 0 Å². The van der Waals surface area contributed by atoms with E-state index in [9.17, 15) is 0 Å². The smallest absolute Gasteiger partial charge is 0.0304 e. The van der Waals surface area contributed by atoms with Crippen LogP contribution in [0.1, 0.15) is 19.3 Å². The first-order chi connectivity index (χ1) is 8.26. The summed E-state index contributed by atoms with van der Waals surface area (Å²) >= 11 is 5.26. The molecule has 0 saturated heterocycles. The van der Waals surface area contributed by atoms with Crippen molar-refractivity contribution in [1.29, 1.82) is 0 Å². The Balaban J connectivity index is 2.34. The summed E-state index contributed by atoms with van der Waals surface area (Å²) in [6, 6.07) is 8.59. The van der Waals surface area contributed by atoms with Gasteiger partial charge in [0.1, 0.15) is 0 Å². The number of thioether (sulfide) groups is 1. The molecule has 0 fully saturated rings. The van der Waals surface area contributed by atoms with E-state index in [2.05, 4.69) is 39.4 Å². The summed E-state index contributed by atoms with van der Waals surface area (Å²) in [7, 11) is 0. The third-order valence-electron chi connectivity index (χ3n) is 2.36. The number of terminal acetylenes is 1. The van der Waals surface area contributed by atoms with Crippen molar-refractivity contribution in [2.45, 2.75) is 30.2 Å². The number of hydrogen-bond donors (Lipinski definition) is 2. The average molecular weight is 313 g/mol. The van der Waals surface area contributed by atoms with E-state index in [1.54, 1.807) is 11.8 Å². The van der Waals surface area contributed by atoms with Crippen LogP contribution in [0.25, 0.3) is 0 Å². The zero-order valence-corrected chi connectivity index (χ0v) is 12.1. The second-order valence-electron chi connectivity index (χ2n) is 3.73. The highest BCUT2D eigenvalue weighted by molar-refractivity contribution is 9.10. The molecule has 0 heterocycles. The highest BCUT2D eigenvalue weighted by Gasteiger charge is 2.06. The molecule has 4 heteroatoms. The molecule has 1 atom stereocenters. The number of nitrogens with one attached hydrogen (secondary N) is 1. The lowest BCUT2D eigenvalue weighted by Gasteiger charge is -2.14. The molecule has 2 nitrogen and oxygen atoms in total. The topological polar surface area (TPSA) is 38.0 Å². The maximum Gasteiger partial charge on any atom is 0.0304 e. The van der Waals surface area contributed by atoms with E-state index in [1.165, 1.54) is 4.90 Å². The minimum Gasteiger partial charge on any atom is -0.271 e. The van der Waals surface area contributed by atoms with E-state index in [-0.39, 0.29) is 0 Å². The van der Waals surface area contributed by atoms with Gasteiger partial charge in [0, 0.05) is 27.6 Å². The third-order valence-corrected chi connectivity index (χ3v) is 4.01. The molecule has 1 aromatic carbocycles. The van der Waals surface area contributed by atoms with Crippen LogP contribution in [0.2, 0.25) is 0 Å². The Hall–Kier alpha value is -0.470. The molecule has 0 aromatic heterocycles. The molecule has 17 heavy (non-hydrogen) atoms. The van der Waals surface area contributed by atoms with Gasteiger partial charge in [-0.1, -0.05) is 22.0 Å². The Bertz CT molecular complexity index is 376. The Labute approximate surface area is 116 Å². The van der Waals surface area contributed by atoms with Gasteiger partial charge in [-0.2, -0.15) is 0 Å². The first-order valence-corrected chi connectivity index (χ1v) is 7.32. The fourth-order valence-electron chi connectivity index (χ4n) is 1.42. The largest absolute Gasteiger partial charge is 0.271 e. The summed E-state index contributed by atoms with van der Waals surface area (Å²) in [6.07, 6.45) is 8.08. The number of rotatable bonds is 7. The molecule has 0 saturated carbocycles. The van der Waals surface area contributed by atoms with Gasteiger partial charge in [-0.05, 0) is 31.0 Å². The van der Waals surface area contributed by atoms with E-state index in [0.29, 0.717) is 6.04 Å². The summed E-state index contributed by atoms with van der Waals surface area (Å²) in [4.78, 5) is 1.25.